The maximum Gasteiger partial charge on any atom is 0.297 e. The van der Waals surface area contributed by atoms with Crippen LogP contribution in [0.2, 0.25) is 0 Å². The van der Waals surface area contributed by atoms with Crippen molar-refractivity contribution < 1.29 is 27.0 Å². The van der Waals surface area contributed by atoms with E-state index in [2.05, 4.69) is 0 Å². The van der Waals surface area contributed by atoms with Crippen molar-refractivity contribution >= 4 is 15.8 Å². The lowest BCUT2D eigenvalue weighted by Crippen LogP contribution is -2.27. The lowest BCUT2D eigenvalue weighted by atomic mass is 10.1. The highest BCUT2D eigenvalue weighted by molar-refractivity contribution is 7.86. The van der Waals surface area contributed by atoms with Crippen LogP contribution < -0.4 is 0 Å². The number of benzene rings is 2. The highest BCUT2D eigenvalue weighted by atomic mass is 32.2. The predicted molar refractivity (Wildman–Crippen MR) is 105 cm³/mol. The second kappa shape index (κ2) is 9.45. The van der Waals surface area contributed by atoms with Crippen molar-refractivity contribution in [3.05, 3.63) is 69.8 Å². The zero-order chi connectivity index (χ0) is 20.9. The largest absolute Gasteiger partial charge is 0.353 e. The first-order valence-corrected chi connectivity index (χ1v) is 10.7. The Kier molecular flexibility index (Phi) is 6.96. The molecule has 0 spiro atoms. The molecule has 29 heavy (non-hydrogen) atoms. The van der Waals surface area contributed by atoms with Crippen LogP contribution in [0.4, 0.5) is 5.69 Å². The number of nitro groups is 1. The first kappa shape index (κ1) is 21.4. The lowest BCUT2D eigenvalue weighted by molar-refractivity contribution is -0.384. The topological polar surface area (TPSA) is 105 Å². The van der Waals surface area contributed by atoms with E-state index in [1.807, 2.05) is 6.92 Å². The van der Waals surface area contributed by atoms with Gasteiger partial charge in [-0.3, -0.25) is 14.3 Å². The molecule has 2 aromatic carbocycles. The van der Waals surface area contributed by atoms with Gasteiger partial charge in [0.05, 0.1) is 16.4 Å². The first-order valence-electron chi connectivity index (χ1n) is 9.33. The quantitative estimate of drug-likeness (QED) is 0.362. The van der Waals surface area contributed by atoms with Gasteiger partial charge in [-0.2, -0.15) is 8.42 Å². The third kappa shape index (κ3) is 5.83. The molecule has 2 unspecified atom stereocenters. The zero-order valence-electron chi connectivity index (χ0n) is 16.0. The number of nitro benzene ring substituents is 1. The molecule has 3 rings (SSSR count). The minimum atomic E-state index is -3.97. The van der Waals surface area contributed by atoms with E-state index in [1.165, 1.54) is 36.4 Å². The van der Waals surface area contributed by atoms with Gasteiger partial charge in [0, 0.05) is 18.7 Å². The summed E-state index contributed by atoms with van der Waals surface area (Å²) in [5, 5.41) is 10.9. The van der Waals surface area contributed by atoms with Crippen LogP contribution in [-0.2, 0) is 23.8 Å². The second-order valence-corrected chi connectivity index (χ2v) is 8.44. The number of nitrogens with zero attached hydrogens (tertiary/aromatic N) is 1. The number of ether oxygens (including phenoxy) is 2. The SMILES string of the molecule is Cc1ccc(S(=O)(=O)OCC(OC2CCCCO2)c2ccc([N+](=O)[O-])cc2)cc1. The minimum Gasteiger partial charge on any atom is -0.353 e. The summed E-state index contributed by atoms with van der Waals surface area (Å²) in [5.74, 6) is 0. The standard InChI is InChI=1S/C20H23NO7S/c1-15-5-11-18(12-6-15)29(24,25)27-14-19(28-20-4-2-3-13-26-20)16-7-9-17(10-8-16)21(22)23/h5-12,19-20H,2-4,13-14H2,1H3. The fourth-order valence-electron chi connectivity index (χ4n) is 2.95. The molecule has 0 bridgehead atoms. The molecular weight excluding hydrogens is 398 g/mol. The van der Waals surface area contributed by atoms with E-state index in [4.69, 9.17) is 13.7 Å². The van der Waals surface area contributed by atoms with Crippen molar-refractivity contribution in [2.45, 2.75) is 43.5 Å². The van der Waals surface area contributed by atoms with Crippen molar-refractivity contribution in [3.63, 3.8) is 0 Å². The predicted octanol–water partition coefficient (Wildman–Crippen LogP) is 3.89. The van der Waals surface area contributed by atoms with Gasteiger partial charge in [-0.1, -0.05) is 17.7 Å². The van der Waals surface area contributed by atoms with Crippen LogP contribution in [0.1, 0.15) is 36.5 Å². The van der Waals surface area contributed by atoms with Gasteiger partial charge in [0.2, 0.25) is 0 Å². The number of hydrogen-bond donors (Lipinski definition) is 0. The Bertz CT molecular complexity index is 920. The van der Waals surface area contributed by atoms with Gasteiger partial charge in [0.1, 0.15) is 6.10 Å². The van der Waals surface area contributed by atoms with Gasteiger partial charge in [0.25, 0.3) is 15.8 Å². The van der Waals surface area contributed by atoms with Crippen molar-refractivity contribution in [1.82, 2.24) is 0 Å². The molecule has 0 radical (unpaired) electrons. The molecule has 1 saturated heterocycles. The molecule has 1 fully saturated rings. The number of rotatable bonds is 8. The minimum absolute atomic E-state index is 0.0551. The van der Waals surface area contributed by atoms with Gasteiger partial charge >= 0.3 is 0 Å². The Morgan fingerprint density at radius 1 is 1.14 bits per heavy atom. The molecule has 2 aromatic rings. The zero-order valence-corrected chi connectivity index (χ0v) is 16.8. The molecular formula is C20H23NO7S. The van der Waals surface area contributed by atoms with Crippen LogP contribution in [-0.4, -0.2) is 32.8 Å². The molecule has 1 aliphatic rings. The number of aryl methyl sites for hydroxylation is 1. The van der Waals surface area contributed by atoms with E-state index >= 15 is 0 Å². The van der Waals surface area contributed by atoms with Gasteiger partial charge in [-0.15, -0.1) is 0 Å². The Balaban J connectivity index is 1.76. The Morgan fingerprint density at radius 2 is 1.83 bits per heavy atom. The van der Waals surface area contributed by atoms with Crippen LogP contribution >= 0.6 is 0 Å². The van der Waals surface area contributed by atoms with E-state index in [-0.39, 0.29) is 17.2 Å². The van der Waals surface area contributed by atoms with E-state index in [9.17, 15) is 18.5 Å². The third-order valence-electron chi connectivity index (χ3n) is 4.61. The van der Waals surface area contributed by atoms with Crippen LogP contribution in [0.25, 0.3) is 0 Å². The van der Waals surface area contributed by atoms with Crippen molar-refractivity contribution in [2.75, 3.05) is 13.2 Å². The number of non-ortho nitro benzene ring substituents is 1. The maximum absolute atomic E-state index is 12.5. The van der Waals surface area contributed by atoms with Gasteiger partial charge in [-0.25, -0.2) is 0 Å². The van der Waals surface area contributed by atoms with E-state index in [1.54, 1.807) is 12.1 Å². The molecule has 156 valence electrons. The summed E-state index contributed by atoms with van der Waals surface area (Å²) in [6.07, 6.45) is 1.35. The Hall–Kier alpha value is -2.33. The summed E-state index contributed by atoms with van der Waals surface area (Å²) in [6, 6.07) is 12.1. The summed E-state index contributed by atoms with van der Waals surface area (Å²) in [4.78, 5) is 10.4. The summed E-state index contributed by atoms with van der Waals surface area (Å²) in [7, 11) is -3.97. The van der Waals surface area contributed by atoms with Crippen molar-refractivity contribution in [1.29, 1.82) is 0 Å². The molecule has 1 aliphatic heterocycles. The highest BCUT2D eigenvalue weighted by Crippen LogP contribution is 2.27. The molecule has 8 nitrogen and oxygen atoms in total. The van der Waals surface area contributed by atoms with Crippen LogP contribution in [0.3, 0.4) is 0 Å². The number of hydrogen-bond acceptors (Lipinski definition) is 7. The normalized spacial score (nSPS) is 18.3. The van der Waals surface area contributed by atoms with E-state index in [0.717, 1.165) is 18.4 Å². The second-order valence-electron chi connectivity index (χ2n) is 6.82. The smallest absolute Gasteiger partial charge is 0.297 e. The summed E-state index contributed by atoms with van der Waals surface area (Å²) >= 11 is 0. The van der Waals surface area contributed by atoms with Gasteiger partial charge < -0.3 is 9.47 Å². The maximum atomic E-state index is 12.5. The monoisotopic (exact) mass is 421 g/mol. The molecule has 0 aromatic heterocycles. The Labute approximate surface area is 169 Å². The molecule has 1 heterocycles. The molecule has 2 atom stereocenters. The van der Waals surface area contributed by atoms with Crippen molar-refractivity contribution in [3.8, 4) is 0 Å². The van der Waals surface area contributed by atoms with Crippen LogP contribution in [0.15, 0.2) is 53.4 Å². The average molecular weight is 421 g/mol. The Morgan fingerprint density at radius 3 is 2.41 bits per heavy atom. The summed E-state index contributed by atoms with van der Waals surface area (Å²) in [5.41, 5.74) is 1.45. The fourth-order valence-corrected chi connectivity index (χ4v) is 3.86. The molecule has 0 saturated carbocycles. The molecule has 0 N–H and O–H groups in total. The van der Waals surface area contributed by atoms with Gasteiger partial charge in [0.15, 0.2) is 6.29 Å². The van der Waals surface area contributed by atoms with E-state index in [0.29, 0.717) is 18.6 Å². The summed E-state index contributed by atoms with van der Waals surface area (Å²) < 4.78 is 41.8. The molecule has 0 amide bonds. The molecule has 9 heteroatoms. The fraction of sp³-hybridized carbons (Fsp3) is 0.400. The van der Waals surface area contributed by atoms with E-state index < -0.39 is 27.4 Å². The first-order chi connectivity index (χ1) is 13.8. The molecule has 0 aliphatic carbocycles. The lowest BCUT2D eigenvalue weighted by Gasteiger charge is -2.27. The van der Waals surface area contributed by atoms with Crippen LogP contribution in [0, 0.1) is 17.0 Å². The van der Waals surface area contributed by atoms with Crippen LogP contribution in [0.5, 0.6) is 0 Å². The summed E-state index contributed by atoms with van der Waals surface area (Å²) in [6.45, 7) is 2.16. The third-order valence-corrected chi connectivity index (χ3v) is 5.91. The van der Waals surface area contributed by atoms with Gasteiger partial charge in [-0.05, 0) is 56.0 Å². The average Bonchev–Trinajstić information content (AvgIpc) is 2.72. The van der Waals surface area contributed by atoms with Crippen molar-refractivity contribution in [2.24, 2.45) is 0 Å². The highest BCUT2D eigenvalue weighted by Gasteiger charge is 2.25.